The Bertz CT molecular complexity index is 833. The highest BCUT2D eigenvalue weighted by molar-refractivity contribution is 7.98. The lowest BCUT2D eigenvalue weighted by Gasteiger charge is -2.07. The summed E-state index contributed by atoms with van der Waals surface area (Å²) in [5, 5.41) is 10.9. The minimum absolute atomic E-state index is 0.106. The molecule has 112 valence electrons. The lowest BCUT2D eigenvalue weighted by molar-refractivity contribution is 0.254. The van der Waals surface area contributed by atoms with E-state index in [1.54, 1.807) is 12.1 Å². The number of nitrogens with two attached hydrogens (primary N) is 1. The number of halogens is 1. The van der Waals surface area contributed by atoms with Gasteiger partial charge in [0.05, 0.1) is 20.1 Å². The average Bonchev–Trinajstić information content (AvgIpc) is 2.92. The zero-order valence-electron chi connectivity index (χ0n) is 11.0. The van der Waals surface area contributed by atoms with Gasteiger partial charge in [-0.15, -0.1) is 11.3 Å². The molecule has 3 rings (SSSR count). The van der Waals surface area contributed by atoms with Crippen molar-refractivity contribution >= 4 is 51.1 Å². The fourth-order valence-corrected chi connectivity index (χ4v) is 3.71. The number of phenolic OH excluding ortho intramolecular Hbond substituents is 1. The SMILES string of the molecule is NC(=O)NSc1cc(-c2nc3ccccc3s2)cc(Cl)c1O. The molecule has 1 heterocycles. The first-order valence-electron chi connectivity index (χ1n) is 6.15. The summed E-state index contributed by atoms with van der Waals surface area (Å²) in [6.45, 7) is 0. The zero-order valence-corrected chi connectivity index (χ0v) is 13.4. The molecule has 8 heteroatoms. The first kappa shape index (κ1) is 15.0. The molecule has 1 aromatic heterocycles. The Morgan fingerprint density at radius 1 is 1.36 bits per heavy atom. The Morgan fingerprint density at radius 2 is 2.14 bits per heavy atom. The van der Waals surface area contributed by atoms with Gasteiger partial charge in [0.15, 0.2) is 0 Å². The van der Waals surface area contributed by atoms with E-state index >= 15 is 0 Å². The van der Waals surface area contributed by atoms with E-state index < -0.39 is 6.03 Å². The molecule has 0 saturated carbocycles. The summed E-state index contributed by atoms with van der Waals surface area (Å²) in [7, 11) is 0. The molecule has 2 aromatic carbocycles. The highest BCUT2D eigenvalue weighted by Gasteiger charge is 2.14. The first-order valence-corrected chi connectivity index (χ1v) is 8.16. The van der Waals surface area contributed by atoms with Crippen LogP contribution < -0.4 is 10.5 Å². The maximum absolute atomic E-state index is 10.8. The van der Waals surface area contributed by atoms with Crippen LogP contribution in [-0.2, 0) is 0 Å². The molecular weight excluding hydrogens is 342 g/mol. The number of aromatic hydroxyl groups is 1. The molecule has 22 heavy (non-hydrogen) atoms. The van der Waals surface area contributed by atoms with Crippen molar-refractivity contribution < 1.29 is 9.90 Å². The van der Waals surface area contributed by atoms with Crippen LogP contribution in [0.2, 0.25) is 5.02 Å². The summed E-state index contributed by atoms with van der Waals surface area (Å²) in [4.78, 5) is 15.8. The van der Waals surface area contributed by atoms with Crippen LogP contribution in [0.25, 0.3) is 20.8 Å². The fourth-order valence-electron chi connectivity index (χ4n) is 1.88. The third-order valence-electron chi connectivity index (χ3n) is 2.83. The van der Waals surface area contributed by atoms with Crippen molar-refractivity contribution in [2.45, 2.75) is 4.90 Å². The predicted molar refractivity (Wildman–Crippen MR) is 90.3 cm³/mol. The minimum atomic E-state index is -0.703. The molecule has 0 unspecified atom stereocenters. The van der Waals surface area contributed by atoms with Gasteiger partial charge in [0.25, 0.3) is 0 Å². The number of rotatable bonds is 3. The molecule has 3 aromatic rings. The lowest BCUT2D eigenvalue weighted by atomic mass is 10.2. The van der Waals surface area contributed by atoms with Crippen molar-refractivity contribution in [3.8, 4) is 16.3 Å². The van der Waals surface area contributed by atoms with Crippen LogP contribution in [0.15, 0.2) is 41.3 Å². The zero-order chi connectivity index (χ0) is 15.7. The number of thiazole rings is 1. The van der Waals surface area contributed by atoms with Crippen LogP contribution in [0, 0.1) is 0 Å². The smallest absolute Gasteiger partial charge is 0.322 e. The second kappa shape index (κ2) is 6.04. The van der Waals surface area contributed by atoms with Crippen molar-refractivity contribution in [2.75, 3.05) is 0 Å². The van der Waals surface area contributed by atoms with E-state index in [0.29, 0.717) is 4.90 Å². The summed E-state index contributed by atoms with van der Waals surface area (Å²) in [5.74, 6) is -0.106. The number of nitrogens with zero attached hydrogens (tertiary/aromatic N) is 1. The number of urea groups is 1. The van der Waals surface area contributed by atoms with E-state index in [1.807, 2.05) is 24.3 Å². The summed E-state index contributed by atoms with van der Waals surface area (Å²) >= 11 is 8.48. The van der Waals surface area contributed by atoms with Gasteiger partial charge >= 0.3 is 6.03 Å². The Kier molecular flexibility index (Phi) is 4.10. The van der Waals surface area contributed by atoms with Crippen molar-refractivity contribution in [2.24, 2.45) is 5.73 Å². The second-order valence-electron chi connectivity index (χ2n) is 4.36. The van der Waals surface area contributed by atoms with Crippen LogP contribution in [-0.4, -0.2) is 16.1 Å². The normalized spacial score (nSPS) is 10.8. The van der Waals surface area contributed by atoms with E-state index in [9.17, 15) is 9.90 Å². The van der Waals surface area contributed by atoms with E-state index in [4.69, 9.17) is 17.3 Å². The minimum Gasteiger partial charge on any atom is -0.505 e. The van der Waals surface area contributed by atoms with Crippen LogP contribution in [0.4, 0.5) is 4.79 Å². The van der Waals surface area contributed by atoms with Crippen molar-refractivity contribution in [3.05, 3.63) is 41.4 Å². The molecule has 5 nitrogen and oxygen atoms in total. The maximum Gasteiger partial charge on any atom is 0.322 e. The molecule has 0 spiro atoms. The van der Waals surface area contributed by atoms with Gasteiger partial charge in [-0.25, -0.2) is 9.78 Å². The van der Waals surface area contributed by atoms with Gasteiger partial charge in [0, 0.05) is 5.56 Å². The average molecular weight is 352 g/mol. The number of fused-ring (bicyclic) bond motifs is 1. The van der Waals surface area contributed by atoms with Crippen molar-refractivity contribution in [1.82, 2.24) is 9.71 Å². The lowest BCUT2D eigenvalue weighted by Crippen LogP contribution is -2.22. The quantitative estimate of drug-likeness (QED) is 0.622. The largest absolute Gasteiger partial charge is 0.505 e. The Balaban J connectivity index is 2.04. The van der Waals surface area contributed by atoms with Crippen molar-refractivity contribution in [1.29, 1.82) is 0 Å². The molecule has 4 N–H and O–H groups in total. The summed E-state index contributed by atoms with van der Waals surface area (Å²) in [6.07, 6.45) is 0. The van der Waals surface area contributed by atoms with Crippen LogP contribution >= 0.6 is 34.9 Å². The van der Waals surface area contributed by atoms with Gasteiger partial charge in [-0.1, -0.05) is 23.7 Å². The first-order chi connectivity index (χ1) is 10.5. The number of carbonyl (C=O) groups excluding carboxylic acids is 1. The monoisotopic (exact) mass is 351 g/mol. The van der Waals surface area contributed by atoms with E-state index in [0.717, 1.165) is 32.7 Å². The number of nitrogens with one attached hydrogen (secondary N) is 1. The Hall–Kier alpha value is -1.96. The summed E-state index contributed by atoms with van der Waals surface area (Å²) in [6, 6.07) is 10.4. The van der Waals surface area contributed by atoms with Gasteiger partial charge in [-0.05, 0) is 36.2 Å². The van der Waals surface area contributed by atoms with Crippen LogP contribution in [0.3, 0.4) is 0 Å². The number of carbonyl (C=O) groups is 1. The standard InChI is InChI=1S/C14H10ClN3O2S2/c15-8-5-7(6-11(12(8)19)22-18-14(16)20)13-17-9-3-1-2-4-10(9)21-13/h1-6,19H,(H3,16,18,20). The number of hydrogen-bond acceptors (Lipinski definition) is 5. The third-order valence-corrected chi connectivity index (χ3v) is 5.04. The third kappa shape index (κ3) is 2.96. The summed E-state index contributed by atoms with van der Waals surface area (Å²) < 4.78 is 3.42. The maximum atomic E-state index is 10.8. The van der Waals surface area contributed by atoms with Crippen LogP contribution in [0.5, 0.6) is 5.75 Å². The Morgan fingerprint density at radius 3 is 2.86 bits per heavy atom. The summed E-state index contributed by atoms with van der Waals surface area (Å²) in [5.41, 5.74) is 6.69. The predicted octanol–water partition coefficient (Wildman–Crippen LogP) is 4.00. The molecule has 0 aliphatic carbocycles. The number of primary amides is 1. The van der Waals surface area contributed by atoms with E-state index in [2.05, 4.69) is 9.71 Å². The topological polar surface area (TPSA) is 88.2 Å². The molecular formula is C14H10ClN3O2S2. The van der Waals surface area contributed by atoms with Gasteiger partial charge in [-0.3, -0.25) is 4.72 Å². The number of hydrogen-bond donors (Lipinski definition) is 3. The molecule has 2 amide bonds. The van der Waals surface area contributed by atoms with Crippen molar-refractivity contribution in [3.63, 3.8) is 0 Å². The molecule has 0 aliphatic heterocycles. The number of benzene rings is 2. The second-order valence-corrected chi connectivity index (χ2v) is 6.65. The fraction of sp³-hybridized carbons (Fsp3) is 0. The van der Waals surface area contributed by atoms with Gasteiger partial charge in [0.1, 0.15) is 10.8 Å². The van der Waals surface area contributed by atoms with E-state index in [1.165, 1.54) is 11.3 Å². The highest BCUT2D eigenvalue weighted by Crippen LogP contribution is 2.39. The molecule has 0 atom stereocenters. The molecule has 0 saturated heterocycles. The molecule has 0 radical (unpaired) electrons. The van der Waals surface area contributed by atoms with Gasteiger partial charge in [-0.2, -0.15) is 0 Å². The molecule has 0 aliphatic rings. The van der Waals surface area contributed by atoms with Gasteiger partial charge in [0.2, 0.25) is 0 Å². The van der Waals surface area contributed by atoms with Gasteiger partial charge < -0.3 is 10.8 Å². The van der Waals surface area contributed by atoms with E-state index in [-0.39, 0.29) is 10.8 Å². The molecule has 0 fully saturated rings. The number of phenols is 1. The van der Waals surface area contributed by atoms with Crippen LogP contribution in [0.1, 0.15) is 0 Å². The number of aromatic nitrogens is 1. The number of para-hydroxylation sites is 1. The number of amides is 2. The molecule has 0 bridgehead atoms. The highest BCUT2D eigenvalue weighted by atomic mass is 35.5. The Labute approximate surface area is 139 Å².